The van der Waals surface area contributed by atoms with Crippen LogP contribution in [-0.4, -0.2) is 60.3 Å². The summed E-state index contributed by atoms with van der Waals surface area (Å²) in [6.07, 6.45) is 2.10. The van der Waals surface area contributed by atoms with Crippen molar-refractivity contribution in [3.05, 3.63) is 56.7 Å². The molecule has 3 N–H and O–H groups in total. The van der Waals surface area contributed by atoms with Crippen LogP contribution in [0.1, 0.15) is 18.4 Å². The van der Waals surface area contributed by atoms with E-state index in [9.17, 15) is 14.4 Å². The molecular weight excluding hydrogens is 374 g/mol. The van der Waals surface area contributed by atoms with Gasteiger partial charge in [-0.2, -0.15) is 0 Å². The number of nitrogens with zero attached hydrogens (tertiary/aromatic N) is 3. The maximum atomic E-state index is 13.0. The number of anilines is 2. The van der Waals surface area contributed by atoms with Gasteiger partial charge in [0.25, 0.3) is 5.56 Å². The third kappa shape index (κ3) is 4.93. The Labute approximate surface area is 168 Å². The molecule has 9 nitrogen and oxygen atoms in total. The highest BCUT2D eigenvalue weighted by molar-refractivity contribution is 5.96. The fourth-order valence-electron chi connectivity index (χ4n) is 3.52. The lowest BCUT2D eigenvalue weighted by Gasteiger charge is -2.26. The summed E-state index contributed by atoms with van der Waals surface area (Å²) >= 11 is 0. The number of methoxy groups -OCH3 is 1. The van der Waals surface area contributed by atoms with E-state index in [-0.39, 0.29) is 43.7 Å². The molecule has 29 heavy (non-hydrogen) atoms. The summed E-state index contributed by atoms with van der Waals surface area (Å²) in [7, 11) is 1.52. The number of benzene rings is 1. The van der Waals surface area contributed by atoms with Crippen molar-refractivity contribution in [1.82, 2.24) is 14.5 Å². The molecule has 3 rings (SSSR count). The standard InChI is InChI=1S/C20H27N5O4/c1-29-12-11-24(16(26)14-23-9-5-6-10-23)17-18(21)25(20(28)22-19(17)27)13-15-7-3-2-4-8-15/h2-4,7-8H,5-6,9-14,21H2,1H3,(H,22,27,28). The molecule has 2 aromatic rings. The SMILES string of the molecule is COCCN(C(=O)CN1CCCC1)c1c(N)n(Cc2ccccc2)c(=O)[nH]c1=O. The van der Waals surface area contributed by atoms with Gasteiger partial charge in [0.2, 0.25) is 5.91 Å². The quantitative estimate of drug-likeness (QED) is 0.655. The third-order valence-electron chi connectivity index (χ3n) is 5.05. The number of hydrogen-bond acceptors (Lipinski definition) is 6. The Hall–Kier alpha value is -2.91. The summed E-state index contributed by atoms with van der Waals surface area (Å²) in [4.78, 5) is 43.7. The average molecular weight is 401 g/mol. The highest BCUT2D eigenvalue weighted by atomic mass is 16.5. The number of carbonyl (C=O) groups excluding carboxylic acids is 1. The molecule has 1 amide bonds. The second-order valence-electron chi connectivity index (χ2n) is 7.09. The zero-order valence-electron chi connectivity index (χ0n) is 16.6. The second kappa shape index (κ2) is 9.53. The van der Waals surface area contributed by atoms with E-state index in [4.69, 9.17) is 10.5 Å². The van der Waals surface area contributed by atoms with Gasteiger partial charge in [0, 0.05) is 13.7 Å². The molecule has 156 valence electrons. The fraction of sp³-hybridized carbons (Fsp3) is 0.450. The van der Waals surface area contributed by atoms with E-state index in [1.165, 1.54) is 16.6 Å². The Balaban J connectivity index is 1.97. The van der Waals surface area contributed by atoms with E-state index in [0.717, 1.165) is 31.5 Å². The van der Waals surface area contributed by atoms with Gasteiger partial charge >= 0.3 is 5.69 Å². The number of carbonyl (C=O) groups is 1. The molecule has 1 aliphatic rings. The van der Waals surface area contributed by atoms with Crippen LogP contribution in [0.2, 0.25) is 0 Å². The summed E-state index contributed by atoms with van der Waals surface area (Å²) in [5.74, 6) is -0.278. The zero-order chi connectivity index (χ0) is 20.8. The van der Waals surface area contributed by atoms with Gasteiger partial charge in [-0.05, 0) is 31.5 Å². The maximum Gasteiger partial charge on any atom is 0.330 e. The van der Waals surface area contributed by atoms with E-state index in [0.29, 0.717) is 0 Å². The first-order valence-corrected chi connectivity index (χ1v) is 9.69. The van der Waals surface area contributed by atoms with Gasteiger partial charge in [-0.25, -0.2) is 4.79 Å². The average Bonchev–Trinajstić information content (AvgIpc) is 3.21. The summed E-state index contributed by atoms with van der Waals surface area (Å²) in [5.41, 5.74) is 5.80. The molecule has 9 heteroatoms. The molecule has 0 atom stereocenters. The van der Waals surface area contributed by atoms with Crippen LogP contribution in [0.25, 0.3) is 0 Å². The van der Waals surface area contributed by atoms with Gasteiger partial charge < -0.3 is 15.4 Å². The predicted molar refractivity (Wildman–Crippen MR) is 111 cm³/mol. The van der Waals surface area contributed by atoms with Gasteiger partial charge in [0.15, 0.2) is 5.69 Å². The molecule has 1 aliphatic heterocycles. The van der Waals surface area contributed by atoms with Crippen molar-refractivity contribution in [2.75, 3.05) is 50.5 Å². The Kier molecular flexibility index (Phi) is 6.84. The van der Waals surface area contributed by atoms with Crippen LogP contribution in [0.15, 0.2) is 39.9 Å². The molecule has 0 bridgehead atoms. The molecule has 0 spiro atoms. The normalized spacial score (nSPS) is 14.2. The van der Waals surface area contributed by atoms with Gasteiger partial charge in [-0.1, -0.05) is 30.3 Å². The van der Waals surface area contributed by atoms with E-state index in [2.05, 4.69) is 4.98 Å². The first-order chi connectivity index (χ1) is 14.0. The molecule has 0 aliphatic carbocycles. The number of nitrogen functional groups attached to an aromatic ring is 1. The monoisotopic (exact) mass is 401 g/mol. The Bertz CT molecular complexity index is 948. The van der Waals surface area contributed by atoms with E-state index in [1.807, 2.05) is 35.2 Å². The summed E-state index contributed by atoms with van der Waals surface area (Å²) < 4.78 is 6.39. The zero-order valence-corrected chi connectivity index (χ0v) is 16.6. The van der Waals surface area contributed by atoms with Crippen molar-refractivity contribution >= 4 is 17.4 Å². The maximum absolute atomic E-state index is 13.0. The van der Waals surface area contributed by atoms with E-state index in [1.54, 1.807) is 0 Å². The number of hydrogen-bond donors (Lipinski definition) is 2. The topological polar surface area (TPSA) is 114 Å². The van der Waals surface area contributed by atoms with E-state index >= 15 is 0 Å². The Morgan fingerprint density at radius 1 is 1.21 bits per heavy atom. The van der Waals surface area contributed by atoms with Crippen molar-refractivity contribution in [3.8, 4) is 0 Å². The van der Waals surface area contributed by atoms with Crippen LogP contribution < -0.4 is 21.9 Å². The van der Waals surface area contributed by atoms with Crippen molar-refractivity contribution in [3.63, 3.8) is 0 Å². The lowest BCUT2D eigenvalue weighted by Crippen LogP contribution is -2.46. The number of nitrogens with one attached hydrogen (secondary N) is 1. The summed E-state index contributed by atoms with van der Waals surface area (Å²) in [6, 6.07) is 9.30. The van der Waals surface area contributed by atoms with Gasteiger partial charge in [-0.3, -0.25) is 24.0 Å². The fourth-order valence-corrected chi connectivity index (χ4v) is 3.52. The van der Waals surface area contributed by atoms with Crippen molar-refractivity contribution < 1.29 is 9.53 Å². The Morgan fingerprint density at radius 3 is 2.55 bits per heavy atom. The second-order valence-corrected chi connectivity index (χ2v) is 7.09. The smallest absolute Gasteiger partial charge is 0.330 e. The van der Waals surface area contributed by atoms with Gasteiger partial charge in [0.05, 0.1) is 19.7 Å². The largest absolute Gasteiger partial charge is 0.383 e. The first-order valence-electron chi connectivity index (χ1n) is 9.69. The number of H-pyrrole nitrogens is 1. The molecule has 1 fully saturated rings. The number of aromatic amines is 1. The lowest BCUT2D eigenvalue weighted by molar-refractivity contribution is -0.119. The van der Waals surface area contributed by atoms with Crippen LogP contribution >= 0.6 is 0 Å². The number of likely N-dealkylation sites (tertiary alicyclic amines) is 1. The Morgan fingerprint density at radius 2 is 1.90 bits per heavy atom. The third-order valence-corrected chi connectivity index (χ3v) is 5.05. The molecule has 1 aromatic heterocycles. The molecule has 0 radical (unpaired) electrons. The lowest BCUT2D eigenvalue weighted by atomic mass is 10.2. The number of ether oxygens (including phenoxy) is 1. The van der Waals surface area contributed by atoms with Crippen LogP contribution in [0.3, 0.4) is 0 Å². The minimum absolute atomic E-state index is 0.0122. The molecule has 0 unspecified atom stereocenters. The molecule has 1 saturated heterocycles. The first kappa shape index (κ1) is 20.8. The predicted octanol–water partition coefficient (Wildman–Crippen LogP) is 0.242. The van der Waals surface area contributed by atoms with Gasteiger partial charge in [0.1, 0.15) is 5.82 Å². The summed E-state index contributed by atoms with van der Waals surface area (Å²) in [5, 5.41) is 0. The van der Waals surface area contributed by atoms with Crippen molar-refractivity contribution in [1.29, 1.82) is 0 Å². The number of amides is 1. The van der Waals surface area contributed by atoms with Crippen LogP contribution in [0.4, 0.5) is 11.5 Å². The van der Waals surface area contributed by atoms with Crippen LogP contribution in [0.5, 0.6) is 0 Å². The minimum Gasteiger partial charge on any atom is -0.383 e. The highest BCUT2D eigenvalue weighted by Gasteiger charge is 2.26. The minimum atomic E-state index is -0.678. The van der Waals surface area contributed by atoms with E-state index < -0.39 is 11.2 Å². The van der Waals surface area contributed by atoms with Crippen LogP contribution in [0, 0.1) is 0 Å². The van der Waals surface area contributed by atoms with Crippen molar-refractivity contribution in [2.24, 2.45) is 0 Å². The number of nitrogens with two attached hydrogens (primary N) is 1. The number of rotatable bonds is 8. The summed E-state index contributed by atoms with van der Waals surface area (Å²) in [6.45, 7) is 2.49. The van der Waals surface area contributed by atoms with Gasteiger partial charge in [-0.15, -0.1) is 0 Å². The van der Waals surface area contributed by atoms with Crippen molar-refractivity contribution in [2.45, 2.75) is 19.4 Å². The molecule has 0 saturated carbocycles. The van der Waals surface area contributed by atoms with Crippen LogP contribution in [-0.2, 0) is 16.1 Å². The molecule has 1 aromatic carbocycles. The highest BCUT2D eigenvalue weighted by Crippen LogP contribution is 2.19. The number of aromatic nitrogens is 2. The molecule has 2 heterocycles. The molecular formula is C20H27N5O4.